The summed E-state index contributed by atoms with van der Waals surface area (Å²) in [5.41, 5.74) is 2.57. The Bertz CT molecular complexity index is 937. The van der Waals surface area contributed by atoms with E-state index >= 15 is 0 Å². The molecule has 2 saturated heterocycles. The molecule has 2 aliphatic heterocycles. The first-order valence-corrected chi connectivity index (χ1v) is 10.7. The van der Waals surface area contributed by atoms with Crippen LogP contribution in [0.15, 0.2) is 54.6 Å². The van der Waals surface area contributed by atoms with Crippen molar-refractivity contribution in [3.05, 3.63) is 60.2 Å². The molecule has 31 heavy (non-hydrogen) atoms. The van der Waals surface area contributed by atoms with E-state index < -0.39 is 5.92 Å². The van der Waals surface area contributed by atoms with Gasteiger partial charge in [0.1, 0.15) is 0 Å². The van der Waals surface area contributed by atoms with Crippen molar-refractivity contribution in [3.63, 3.8) is 0 Å². The summed E-state index contributed by atoms with van der Waals surface area (Å²) in [6, 6.07) is 17.2. The van der Waals surface area contributed by atoms with Gasteiger partial charge in [0.05, 0.1) is 12.5 Å². The van der Waals surface area contributed by atoms with E-state index in [2.05, 4.69) is 4.90 Å². The zero-order chi connectivity index (χ0) is 21.8. The number of hydrogen-bond donors (Lipinski definition) is 0. The summed E-state index contributed by atoms with van der Waals surface area (Å²) in [6.07, 6.45) is 0.192. The van der Waals surface area contributed by atoms with E-state index in [0.717, 1.165) is 30.0 Å². The molecule has 1 atom stereocenters. The summed E-state index contributed by atoms with van der Waals surface area (Å²) in [5.74, 6) is -0.696. The van der Waals surface area contributed by atoms with E-state index in [1.165, 1.54) is 0 Å². The molecule has 0 radical (unpaired) electrons. The van der Waals surface area contributed by atoms with Gasteiger partial charge in [-0.1, -0.05) is 18.2 Å². The molecule has 0 aromatic heterocycles. The summed E-state index contributed by atoms with van der Waals surface area (Å²) >= 11 is 0. The van der Waals surface area contributed by atoms with E-state index in [1.807, 2.05) is 59.5 Å². The average molecular weight is 421 g/mol. The van der Waals surface area contributed by atoms with Gasteiger partial charge in [-0.25, -0.2) is 0 Å². The van der Waals surface area contributed by atoms with Gasteiger partial charge in [-0.15, -0.1) is 0 Å². The van der Waals surface area contributed by atoms with Crippen LogP contribution in [0.5, 0.6) is 0 Å². The van der Waals surface area contributed by atoms with Gasteiger partial charge in [0, 0.05) is 56.1 Å². The third-order valence-electron chi connectivity index (χ3n) is 5.86. The predicted octanol–water partition coefficient (Wildman–Crippen LogP) is 2.57. The topological polar surface area (TPSA) is 70.2 Å². The van der Waals surface area contributed by atoms with E-state index in [-0.39, 0.29) is 24.2 Å². The van der Waals surface area contributed by atoms with E-state index in [9.17, 15) is 14.4 Å². The SMILES string of the molecule is CCOC(=O)[C@@H]1CC(=O)N(c2ccc(N3CCN(C(=O)c4ccccc4)CC3)cc2)C1. The Kier molecular flexibility index (Phi) is 6.21. The first-order valence-electron chi connectivity index (χ1n) is 10.7. The van der Waals surface area contributed by atoms with Crippen LogP contribution in [0.25, 0.3) is 0 Å². The van der Waals surface area contributed by atoms with Gasteiger partial charge < -0.3 is 19.4 Å². The number of rotatable bonds is 5. The molecule has 0 N–H and O–H groups in total. The number of hydrogen-bond acceptors (Lipinski definition) is 5. The second kappa shape index (κ2) is 9.20. The number of amides is 2. The Morgan fingerprint density at radius 2 is 1.58 bits per heavy atom. The summed E-state index contributed by atoms with van der Waals surface area (Å²) < 4.78 is 5.06. The van der Waals surface area contributed by atoms with Crippen molar-refractivity contribution in [3.8, 4) is 0 Å². The van der Waals surface area contributed by atoms with Crippen LogP contribution in [0.2, 0.25) is 0 Å². The number of benzene rings is 2. The molecule has 2 aliphatic rings. The number of carbonyl (C=O) groups is 3. The Hall–Kier alpha value is -3.35. The Morgan fingerprint density at radius 3 is 2.23 bits per heavy atom. The lowest BCUT2D eigenvalue weighted by Gasteiger charge is -2.36. The largest absolute Gasteiger partial charge is 0.466 e. The van der Waals surface area contributed by atoms with Crippen molar-refractivity contribution in [2.24, 2.45) is 5.92 Å². The smallest absolute Gasteiger partial charge is 0.311 e. The maximum absolute atomic E-state index is 12.6. The molecule has 7 heteroatoms. The molecule has 0 unspecified atom stereocenters. The zero-order valence-corrected chi connectivity index (χ0v) is 17.7. The molecular weight excluding hydrogens is 394 g/mol. The standard InChI is InChI=1S/C24H27N3O4/c1-2-31-24(30)19-16-22(28)27(17-19)21-10-8-20(9-11-21)25-12-14-26(15-13-25)23(29)18-6-4-3-5-7-18/h3-11,19H,2,12-17H2,1H3/t19-/m1/s1. The van der Waals surface area contributed by atoms with Gasteiger partial charge in [0.15, 0.2) is 0 Å². The average Bonchev–Trinajstić information content (AvgIpc) is 3.21. The summed E-state index contributed by atoms with van der Waals surface area (Å²) in [5, 5.41) is 0. The van der Waals surface area contributed by atoms with Crippen LogP contribution < -0.4 is 9.80 Å². The fourth-order valence-electron chi connectivity index (χ4n) is 4.15. The minimum absolute atomic E-state index is 0.0566. The fourth-order valence-corrected chi connectivity index (χ4v) is 4.15. The number of anilines is 2. The van der Waals surface area contributed by atoms with Gasteiger partial charge in [-0.2, -0.15) is 0 Å². The molecule has 7 nitrogen and oxygen atoms in total. The van der Waals surface area contributed by atoms with Gasteiger partial charge in [-0.05, 0) is 43.3 Å². The van der Waals surface area contributed by atoms with Gasteiger partial charge in [0.25, 0.3) is 5.91 Å². The quantitative estimate of drug-likeness (QED) is 0.694. The van der Waals surface area contributed by atoms with E-state index in [0.29, 0.717) is 26.2 Å². The fraction of sp³-hybridized carbons (Fsp3) is 0.375. The first-order chi connectivity index (χ1) is 15.1. The lowest BCUT2D eigenvalue weighted by Crippen LogP contribution is -2.48. The van der Waals surface area contributed by atoms with Crippen LogP contribution in [-0.2, 0) is 14.3 Å². The van der Waals surface area contributed by atoms with Crippen LogP contribution >= 0.6 is 0 Å². The lowest BCUT2D eigenvalue weighted by atomic mass is 10.1. The van der Waals surface area contributed by atoms with Crippen LogP contribution in [-0.4, -0.2) is 62.0 Å². The minimum atomic E-state index is -0.401. The highest BCUT2D eigenvalue weighted by molar-refractivity contribution is 5.99. The van der Waals surface area contributed by atoms with Crippen molar-refractivity contribution < 1.29 is 19.1 Å². The van der Waals surface area contributed by atoms with Crippen molar-refractivity contribution in [2.75, 3.05) is 49.1 Å². The molecule has 0 saturated carbocycles. The van der Waals surface area contributed by atoms with E-state index in [1.54, 1.807) is 11.8 Å². The molecule has 2 amide bonds. The summed E-state index contributed by atoms with van der Waals surface area (Å²) in [6.45, 7) is 5.29. The third-order valence-corrected chi connectivity index (χ3v) is 5.86. The number of carbonyl (C=O) groups excluding carboxylic acids is 3. The molecule has 2 heterocycles. The Balaban J connectivity index is 1.35. The normalized spacial score (nSPS) is 18.9. The first kappa shape index (κ1) is 20.9. The second-order valence-electron chi connectivity index (χ2n) is 7.82. The predicted molar refractivity (Wildman–Crippen MR) is 118 cm³/mol. The molecule has 2 aromatic carbocycles. The maximum Gasteiger partial charge on any atom is 0.311 e. The van der Waals surface area contributed by atoms with Crippen molar-refractivity contribution in [2.45, 2.75) is 13.3 Å². The lowest BCUT2D eigenvalue weighted by molar-refractivity contribution is -0.147. The highest BCUT2D eigenvalue weighted by Crippen LogP contribution is 2.28. The van der Waals surface area contributed by atoms with E-state index in [4.69, 9.17) is 4.74 Å². The number of esters is 1. The Morgan fingerprint density at radius 1 is 0.935 bits per heavy atom. The van der Waals surface area contributed by atoms with Crippen molar-refractivity contribution >= 4 is 29.2 Å². The van der Waals surface area contributed by atoms with Crippen molar-refractivity contribution in [1.82, 2.24) is 4.90 Å². The molecular formula is C24H27N3O4. The molecule has 0 bridgehead atoms. The molecule has 2 fully saturated rings. The molecule has 0 aliphatic carbocycles. The second-order valence-corrected chi connectivity index (χ2v) is 7.82. The Labute approximate surface area is 182 Å². The number of piperazine rings is 1. The van der Waals surface area contributed by atoms with Gasteiger partial charge in [0.2, 0.25) is 5.91 Å². The zero-order valence-electron chi connectivity index (χ0n) is 17.7. The molecule has 4 rings (SSSR count). The van der Waals surface area contributed by atoms with Gasteiger partial charge in [-0.3, -0.25) is 14.4 Å². The summed E-state index contributed by atoms with van der Waals surface area (Å²) in [7, 11) is 0. The highest BCUT2D eigenvalue weighted by atomic mass is 16.5. The van der Waals surface area contributed by atoms with Crippen LogP contribution in [0.3, 0.4) is 0 Å². The van der Waals surface area contributed by atoms with Crippen molar-refractivity contribution in [1.29, 1.82) is 0 Å². The molecule has 2 aromatic rings. The molecule has 0 spiro atoms. The maximum atomic E-state index is 12.6. The van der Waals surface area contributed by atoms with Gasteiger partial charge >= 0.3 is 5.97 Å². The molecule has 162 valence electrons. The highest BCUT2D eigenvalue weighted by Gasteiger charge is 2.36. The monoisotopic (exact) mass is 421 g/mol. The van der Waals surface area contributed by atoms with Crippen LogP contribution in [0.1, 0.15) is 23.7 Å². The minimum Gasteiger partial charge on any atom is -0.466 e. The number of ether oxygens (including phenoxy) is 1. The van der Waals surface area contributed by atoms with Crippen LogP contribution in [0.4, 0.5) is 11.4 Å². The number of nitrogens with zero attached hydrogens (tertiary/aromatic N) is 3. The summed E-state index contributed by atoms with van der Waals surface area (Å²) in [4.78, 5) is 42.7. The van der Waals surface area contributed by atoms with Crippen LogP contribution in [0, 0.1) is 5.92 Å². The third kappa shape index (κ3) is 4.55.